The molecule has 0 spiro atoms. The maximum atomic E-state index is 12.4. The van der Waals surface area contributed by atoms with Gasteiger partial charge < -0.3 is 0 Å². The number of nitrogens with zero attached hydrogens (tertiary/aromatic N) is 2. The number of nitriles is 1. The summed E-state index contributed by atoms with van der Waals surface area (Å²) in [5, 5.41) is 8.34. The van der Waals surface area contributed by atoms with Gasteiger partial charge in [-0.25, -0.2) is 4.98 Å². The molecule has 1 heterocycles. The van der Waals surface area contributed by atoms with Crippen molar-refractivity contribution in [3.8, 4) is 6.07 Å². The van der Waals surface area contributed by atoms with Gasteiger partial charge in [0.2, 0.25) is 5.95 Å². The minimum atomic E-state index is -0.650. The molecule has 0 atom stereocenters. The topological polar surface area (TPSA) is 36.7 Å². The number of pyridine rings is 1. The second-order valence-corrected chi connectivity index (χ2v) is 2.34. The van der Waals surface area contributed by atoms with E-state index in [1.165, 1.54) is 12.1 Å². The average Bonchev–Trinajstić information content (AvgIpc) is 1.85. The van der Waals surface area contributed by atoms with Crippen molar-refractivity contribution in [2.24, 2.45) is 0 Å². The minimum absolute atomic E-state index is 0.0789. The molecule has 0 aliphatic carbocycles. The molecule has 0 fully saturated rings. The van der Waals surface area contributed by atoms with Gasteiger partial charge in [-0.15, -0.1) is 0 Å². The predicted molar refractivity (Wildman–Crippen MR) is 38.5 cm³/mol. The summed E-state index contributed by atoms with van der Waals surface area (Å²) in [7, 11) is 0. The van der Waals surface area contributed by atoms with Crippen LogP contribution in [0.4, 0.5) is 4.39 Å². The number of aromatic nitrogens is 1. The van der Waals surface area contributed by atoms with Crippen LogP contribution in [0.1, 0.15) is 5.56 Å². The Labute approximate surface area is 68.2 Å². The van der Waals surface area contributed by atoms with E-state index in [1.54, 1.807) is 0 Å². The highest BCUT2D eigenvalue weighted by molar-refractivity contribution is 6.29. The fourth-order valence-corrected chi connectivity index (χ4v) is 0.928. The Morgan fingerprint density at radius 2 is 2.36 bits per heavy atom. The highest BCUT2D eigenvalue weighted by Crippen LogP contribution is 2.09. The average molecular weight is 171 g/mol. The van der Waals surface area contributed by atoms with Gasteiger partial charge in [0.25, 0.3) is 0 Å². The summed E-state index contributed by atoms with van der Waals surface area (Å²) in [5.74, 6) is -0.650. The molecular weight excluding hydrogens is 167 g/mol. The van der Waals surface area contributed by atoms with E-state index in [2.05, 4.69) is 4.98 Å². The summed E-state index contributed by atoms with van der Waals surface area (Å²) in [5.41, 5.74) is 0.546. The molecule has 0 unspecified atom stereocenters. The van der Waals surface area contributed by atoms with E-state index in [1.807, 2.05) is 6.07 Å². The van der Waals surface area contributed by atoms with Crippen molar-refractivity contribution < 1.29 is 4.39 Å². The molecule has 1 aromatic rings. The molecule has 0 saturated carbocycles. The van der Waals surface area contributed by atoms with Gasteiger partial charge in [-0.1, -0.05) is 11.6 Å². The Hall–Kier alpha value is -1.14. The smallest absolute Gasteiger partial charge is 0.208 e. The van der Waals surface area contributed by atoms with Crippen molar-refractivity contribution in [3.63, 3.8) is 0 Å². The molecular formula is C7H4ClFN2. The molecule has 0 bridgehead atoms. The van der Waals surface area contributed by atoms with Crippen molar-refractivity contribution in [1.82, 2.24) is 4.98 Å². The molecule has 11 heavy (non-hydrogen) atoms. The van der Waals surface area contributed by atoms with Crippen LogP contribution in [-0.4, -0.2) is 4.98 Å². The second kappa shape index (κ2) is 3.31. The van der Waals surface area contributed by atoms with E-state index in [0.717, 1.165) is 0 Å². The summed E-state index contributed by atoms with van der Waals surface area (Å²) >= 11 is 5.43. The summed E-state index contributed by atoms with van der Waals surface area (Å²) in [6.07, 6.45) is 0.152. The van der Waals surface area contributed by atoms with Crippen LogP contribution in [0.15, 0.2) is 12.1 Å². The fourth-order valence-electron chi connectivity index (χ4n) is 0.708. The molecule has 0 radical (unpaired) electrons. The number of rotatable bonds is 1. The van der Waals surface area contributed by atoms with Crippen LogP contribution in [0.3, 0.4) is 0 Å². The van der Waals surface area contributed by atoms with Crippen molar-refractivity contribution in [2.45, 2.75) is 6.42 Å². The zero-order valence-electron chi connectivity index (χ0n) is 5.51. The van der Waals surface area contributed by atoms with Gasteiger partial charge in [0, 0.05) is 0 Å². The van der Waals surface area contributed by atoms with E-state index in [0.29, 0.717) is 5.56 Å². The Bertz CT molecular complexity index is 286. The van der Waals surface area contributed by atoms with Gasteiger partial charge in [0.05, 0.1) is 12.5 Å². The lowest BCUT2D eigenvalue weighted by atomic mass is 10.2. The summed E-state index contributed by atoms with van der Waals surface area (Å²) in [6.45, 7) is 0. The highest BCUT2D eigenvalue weighted by Gasteiger charge is 1.98. The van der Waals surface area contributed by atoms with E-state index in [4.69, 9.17) is 16.9 Å². The Kier molecular flexibility index (Phi) is 2.40. The lowest BCUT2D eigenvalue weighted by Gasteiger charge is -1.94. The fraction of sp³-hybridized carbons (Fsp3) is 0.143. The van der Waals surface area contributed by atoms with Gasteiger partial charge >= 0.3 is 0 Å². The molecule has 0 amide bonds. The second-order valence-electron chi connectivity index (χ2n) is 1.96. The zero-order valence-corrected chi connectivity index (χ0v) is 6.27. The quantitative estimate of drug-likeness (QED) is 0.604. The summed E-state index contributed by atoms with van der Waals surface area (Å²) in [4.78, 5) is 3.31. The Morgan fingerprint density at radius 3 is 2.91 bits per heavy atom. The standard InChI is InChI=1S/C7H4ClFN2/c8-6-3-5(1-2-10)4-7(9)11-6/h3-4H,1H2. The van der Waals surface area contributed by atoms with E-state index < -0.39 is 5.95 Å². The number of hydrogen-bond acceptors (Lipinski definition) is 2. The highest BCUT2D eigenvalue weighted by atomic mass is 35.5. The molecule has 0 aliphatic rings. The Balaban J connectivity index is 3.01. The normalized spacial score (nSPS) is 9.18. The van der Waals surface area contributed by atoms with Gasteiger partial charge in [-0.2, -0.15) is 9.65 Å². The molecule has 0 N–H and O–H groups in total. The van der Waals surface area contributed by atoms with E-state index in [9.17, 15) is 4.39 Å². The predicted octanol–water partition coefficient (Wildman–Crippen LogP) is 1.94. The molecule has 0 saturated heterocycles. The van der Waals surface area contributed by atoms with Crippen LogP contribution in [0.2, 0.25) is 5.15 Å². The van der Waals surface area contributed by atoms with Gasteiger partial charge in [-0.3, -0.25) is 0 Å². The molecule has 4 heteroatoms. The minimum Gasteiger partial charge on any atom is -0.208 e. The lowest BCUT2D eigenvalue weighted by molar-refractivity contribution is 0.582. The van der Waals surface area contributed by atoms with Crippen molar-refractivity contribution in [3.05, 3.63) is 28.8 Å². The monoisotopic (exact) mass is 170 g/mol. The van der Waals surface area contributed by atoms with E-state index >= 15 is 0 Å². The molecule has 2 nitrogen and oxygen atoms in total. The maximum Gasteiger partial charge on any atom is 0.214 e. The van der Waals surface area contributed by atoms with E-state index in [-0.39, 0.29) is 11.6 Å². The first kappa shape index (κ1) is 7.96. The van der Waals surface area contributed by atoms with Gasteiger partial charge in [0.1, 0.15) is 5.15 Å². The summed E-state index contributed by atoms with van der Waals surface area (Å²) in [6, 6.07) is 4.54. The first-order valence-electron chi connectivity index (χ1n) is 2.91. The first-order valence-corrected chi connectivity index (χ1v) is 3.29. The molecule has 0 aromatic carbocycles. The first-order chi connectivity index (χ1) is 5.22. The zero-order chi connectivity index (χ0) is 8.27. The SMILES string of the molecule is N#CCc1cc(F)nc(Cl)c1. The van der Waals surface area contributed by atoms with Crippen molar-refractivity contribution >= 4 is 11.6 Å². The van der Waals surface area contributed by atoms with Crippen LogP contribution >= 0.6 is 11.6 Å². The van der Waals surface area contributed by atoms with Crippen molar-refractivity contribution in [1.29, 1.82) is 5.26 Å². The van der Waals surface area contributed by atoms with Crippen LogP contribution in [0, 0.1) is 17.3 Å². The van der Waals surface area contributed by atoms with Gasteiger partial charge in [-0.05, 0) is 17.7 Å². The maximum absolute atomic E-state index is 12.4. The molecule has 56 valence electrons. The van der Waals surface area contributed by atoms with Crippen LogP contribution < -0.4 is 0 Å². The third-order valence-corrected chi connectivity index (χ3v) is 1.30. The van der Waals surface area contributed by atoms with Crippen LogP contribution in [0.25, 0.3) is 0 Å². The van der Waals surface area contributed by atoms with Crippen molar-refractivity contribution in [2.75, 3.05) is 0 Å². The molecule has 1 aromatic heterocycles. The summed E-state index contributed by atoms with van der Waals surface area (Å²) < 4.78 is 12.4. The lowest BCUT2D eigenvalue weighted by Crippen LogP contribution is -1.88. The van der Waals surface area contributed by atoms with Gasteiger partial charge in [0.15, 0.2) is 0 Å². The van der Waals surface area contributed by atoms with Crippen LogP contribution in [-0.2, 0) is 6.42 Å². The largest absolute Gasteiger partial charge is 0.214 e. The number of halogens is 2. The Morgan fingerprint density at radius 1 is 1.64 bits per heavy atom. The molecule has 1 rings (SSSR count). The number of hydrogen-bond donors (Lipinski definition) is 0. The third-order valence-electron chi connectivity index (χ3n) is 1.11. The molecule has 0 aliphatic heterocycles. The van der Waals surface area contributed by atoms with Crippen LogP contribution in [0.5, 0.6) is 0 Å². The third kappa shape index (κ3) is 2.17.